The van der Waals surface area contributed by atoms with Crippen LogP contribution in [-0.2, 0) is 9.59 Å². The lowest BCUT2D eigenvalue weighted by molar-refractivity contribution is -0.384. The highest BCUT2D eigenvalue weighted by Crippen LogP contribution is 2.44. The number of nitro groups is 1. The number of aryl methyl sites for hydroxylation is 1. The molecule has 172 valence electrons. The van der Waals surface area contributed by atoms with Crippen molar-refractivity contribution >= 4 is 39.6 Å². The Morgan fingerprint density at radius 2 is 1.91 bits per heavy atom. The summed E-state index contributed by atoms with van der Waals surface area (Å²) >= 11 is 1.08. The summed E-state index contributed by atoms with van der Waals surface area (Å²) in [6.45, 7) is 2.40. The predicted octanol–water partition coefficient (Wildman–Crippen LogP) is 3.15. The van der Waals surface area contributed by atoms with Gasteiger partial charge < -0.3 is 14.6 Å². The van der Waals surface area contributed by atoms with Crippen molar-refractivity contribution in [2.24, 2.45) is 0 Å². The largest absolute Gasteiger partial charge is 0.507 e. The normalized spacial score (nSPS) is 18.9. The number of nitro benzene ring substituents is 1. The van der Waals surface area contributed by atoms with Crippen molar-refractivity contribution in [3.8, 4) is 11.5 Å². The van der Waals surface area contributed by atoms with Crippen molar-refractivity contribution in [1.82, 2.24) is 10.2 Å². The second-order valence-corrected chi connectivity index (χ2v) is 8.64. The number of hydrogen-bond acceptors (Lipinski definition) is 10. The Labute approximate surface area is 196 Å². The number of ether oxygens (including phenoxy) is 2. The maximum Gasteiger partial charge on any atom is 0.301 e. The summed E-state index contributed by atoms with van der Waals surface area (Å²) in [5.74, 6) is -1.45. The van der Waals surface area contributed by atoms with E-state index in [1.165, 1.54) is 30.3 Å². The van der Waals surface area contributed by atoms with Gasteiger partial charge in [-0.3, -0.25) is 24.6 Å². The number of aliphatic hydroxyl groups excluding tert-OH is 1. The average Bonchev–Trinajstić information content (AvgIpc) is 3.38. The first-order valence-corrected chi connectivity index (χ1v) is 10.9. The fraction of sp³-hybridized carbons (Fsp3) is 0.182. The Bertz CT molecular complexity index is 1380. The zero-order chi connectivity index (χ0) is 24.0. The molecular formula is C22H16N4O7S. The number of carbonyl (C=O) groups is 2. The molecule has 0 saturated carbocycles. The molecule has 1 fully saturated rings. The molecule has 1 saturated heterocycles. The summed E-state index contributed by atoms with van der Waals surface area (Å²) in [5, 5.41) is 31.2. The molecule has 1 atom stereocenters. The van der Waals surface area contributed by atoms with Gasteiger partial charge in [0, 0.05) is 17.7 Å². The van der Waals surface area contributed by atoms with Gasteiger partial charge in [0.15, 0.2) is 11.5 Å². The van der Waals surface area contributed by atoms with E-state index in [1.807, 2.05) is 0 Å². The summed E-state index contributed by atoms with van der Waals surface area (Å²) in [6.07, 6.45) is 0. The van der Waals surface area contributed by atoms with Gasteiger partial charge in [-0.15, -0.1) is 10.2 Å². The molecule has 2 aromatic carbocycles. The van der Waals surface area contributed by atoms with Gasteiger partial charge in [0.25, 0.3) is 11.5 Å². The number of Topliss-reactive ketones (excluding diaryl/α,β-unsaturated/α-hetero) is 1. The number of benzene rings is 2. The first-order valence-electron chi connectivity index (χ1n) is 10.1. The first-order chi connectivity index (χ1) is 16.3. The minimum atomic E-state index is -1.15. The molecule has 0 unspecified atom stereocenters. The molecule has 1 amide bonds. The molecule has 1 aromatic heterocycles. The molecule has 3 heterocycles. The molecule has 0 bridgehead atoms. The summed E-state index contributed by atoms with van der Waals surface area (Å²) in [7, 11) is 0. The third-order valence-corrected chi connectivity index (χ3v) is 6.22. The van der Waals surface area contributed by atoms with Gasteiger partial charge in [0.05, 0.1) is 16.5 Å². The van der Waals surface area contributed by atoms with E-state index in [9.17, 15) is 24.8 Å². The lowest BCUT2D eigenvalue weighted by Gasteiger charge is -2.23. The molecule has 11 nitrogen and oxygen atoms in total. The quantitative estimate of drug-likeness (QED) is 0.196. The SMILES string of the molecule is Cc1nnc(N2C(=O)C(=O)C(=C(O)c3ccc4c(c3)OCCO4)[C@H]2c2cccc([N+](=O)[O-])c2)s1. The number of carbonyl (C=O) groups excluding carboxylic acids is 2. The second kappa shape index (κ2) is 8.23. The molecule has 1 N–H and O–H groups in total. The zero-order valence-electron chi connectivity index (χ0n) is 17.6. The Hall–Kier alpha value is -4.32. The minimum absolute atomic E-state index is 0.136. The molecule has 5 rings (SSSR count). The zero-order valence-corrected chi connectivity index (χ0v) is 18.4. The van der Waals surface area contributed by atoms with Gasteiger partial charge in [-0.25, -0.2) is 0 Å². The monoisotopic (exact) mass is 480 g/mol. The topological polar surface area (TPSA) is 145 Å². The van der Waals surface area contributed by atoms with Crippen LogP contribution in [-0.4, -0.2) is 45.1 Å². The highest BCUT2D eigenvalue weighted by molar-refractivity contribution is 7.15. The number of non-ortho nitro benzene ring substituents is 1. The molecule has 2 aliphatic heterocycles. The third kappa shape index (κ3) is 3.53. The summed E-state index contributed by atoms with van der Waals surface area (Å²) in [4.78, 5) is 38.2. The molecule has 0 spiro atoms. The second-order valence-electron chi connectivity index (χ2n) is 7.48. The maximum absolute atomic E-state index is 13.2. The molecule has 0 aliphatic carbocycles. The van der Waals surface area contributed by atoms with Crippen LogP contribution in [0.2, 0.25) is 0 Å². The Balaban J connectivity index is 1.71. The van der Waals surface area contributed by atoms with E-state index >= 15 is 0 Å². The van der Waals surface area contributed by atoms with E-state index in [2.05, 4.69) is 10.2 Å². The van der Waals surface area contributed by atoms with Gasteiger partial charge in [0.1, 0.15) is 24.0 Å². The standard InChI is InChI=1S/C22H16N4O7S/c1-11-23-24-22(34-11)25-18(12-3-2-4-14(9-12)26(30)31)17(20(28)21(25)29)19(27)13-5-6-15-16(10-13)33-8-7-32-15/h2-6,9-10,18,27H,7-8H2,1H3/t18-/m1/s1. The number of fused-ring (bicyclic) bond motifs is 1. The fourth-order valence-corrected chi connectivity index (χ4v) is 4.60. The maximum atomic E-state index is 13.2. The van der Waals surface area contributed by atoms with E-state index in [-0.39, 0.29) is 27.5 Å². The molecule has 3 aromatic rings. The summed E-state index contributed by atoms with van der Waals surface area (Å²) < 4.78 is 11.1. The van der Waals surface area contributed by atoms with Crippen LogP contribution in [0.1, 0.15) is 22.2 Å². The number of ketones is 1. The van der Waals surface area contributed by atoms with Crippen molar-refractivity contribution in [2.45, 2.75) is 13.0 Å². The number of rotatable bonds is 4. The molecule has 12 heteroatoms. The Kier molecular flexibility index (Phi) is 5.21. The van der Waals surface area contributed by atoms with Gasteiger partial charge in [-0.05, 0) is 30.7 Å². The number of anilines is 1. The van der Waals surface area contributed by atoms with Crippen molar-refractivity contribution in [1.29, 1.82) is 0 Å². The van der Waals surface area contributed by atoms with Crippen LogP contribution in [0.4, 0.5) is 10.8 Å². The summed E-state index contributed by atoms with van der Waals surface area (Å²) in [5.41, 5.74) is 0.0392. The van der Waals surface area contributed by atoms with Crippen molar-refractivity contribution < 1.29 is 29.1 Å². The number of aromatic nitrogens is 2. The van der Waals surface area contributed by atoms with E-state index in [1.54, 1.807) is 19.1 Å². The highest BCUT2D eigenvalue weighted by Gasteiger charge is 2.48. The smallest absolute Gasteiger partial charge is 0.301 e. The Morgan fingerprint density at radius 3 is 2.62 bits per heavy atom. The van der Waals surface area contributed by atoms with Crippen LogP contribution in [0.3, 0.4) is 0 Å². The van der Waals surface area contributed by atoms with Gasteiger partial charge in [-0.2, -0.15) is 0 Å². The van der Waals surface area contributed by atoms with Gasteiger partial charge in [-0.1, -0.05) is 23.5 Å². The fourth-order valence-electron chi connectivity index (χ4n) is 3.88. The van der Waals surface area contributed by atoms with E-state index in [0.717, 1.165) is 16.2 Å². The molecule has 34 heavy (non-hydrogen) atoms. The van der Waals surface area contributed by atoms with Crippen LogP contribution in [0.5, 0.6) is 11.5 Å². The van der Waals surface area contributed by atoms with Gasteiger partial charge in [0.2, 0.25) is 5.13 Å². The lowest BCUT2D eigenvalue weighted by atomic mass is 9.95. The minimum Gasteiger partial charge on any atom is -0.507 e. The van der Waals surface area contributed by atoms with Crippen molar-refractivity contribution in [2.75, 3.05) is 18.1 Å². The van der Waals surface area contributed by atoms with E-state index < -0.39 is 28.4 Å². The lowest BCUT2D eigenvalue weighted by Crippen LogP contribution is -2.29. The van der Waals surface area contributed by atoms with Crippen LogP contribution < -0.4 is 14.4 Å². The molecular weight excluding hydrogens is 464 g/mol. The van der Waals surface area contributed by atoms with Crippen molar-refractivity contribution in [3.05, 3.63) is 74.3 Å². The molecule has 0 radical (unpaired) electrons. The molecule has 2 aliphatic rings. The number of aliphatic hydroxyl groups is 1. The first kappa shape index (κ1) is 21.5. The van der Waals surface area contributed by atoms with E-state index in [0.29, 0.717) is 29.7 Å². The number of nitrogens with zero attached hydrogens (tertiary/aromatic N) is 4. The van der Waals surface area contributed by atoms with Crippen LogP contribution in [0.25, 0.3) is 5.76 Å². The van der Waals surface area contributed by atoms with Crippen LogP contribution in [0, 0.1) is 17.0 Å². The van der Waals surface area contributed by atoms with Crippen LogP contribution >= 0.6 is 11.3 Å². The van der Waals surface area contributed by atoms with Crippen LogP contribution in [0.15, 0.2) is 48.0 Å². The predicted molar refractivity (Wildman–Crippen MR) is 120 cm³/mol. The third-order valence-electron chi connectivity index (χ3n) is 5.38. The highest BCUT2D eigenvalue weighted by atomic mass is 32.1. The van der Waals surface area contributed by atoms with Gasteiger partial charge >= 0.3 is 5.91 Å². The number of amides is 1. The summed E-state index contributed by atoms with van der Waals surface area (Å²) in [6, 6.07) is 9.04. The Morgan fingerprint density at radius 1 is 1.15 bits per heavy atom. The number of hydrogen-bond donors (Lipinski definition) is 1. The van der Waals surface area contributed by atoms with E-state index in [4.69, 9.17) is 9.47 Å². The van der Waals surface area contributed by atoms with Crippen molar-refractivity contribution in [3.63, 3.8) is 0 Å². The average molecular weight is 480 g/mol.